The number of nitrogens with zero attached hydrogens (tertiary/aromatic N) is 2. The summed E-state index contributed by atoms with van der Waals surface area (Å²) in [5.74, 6) is 0.353. The molecule has 26 heavy (non-hydrogen) atoms. The molecular weight excluding hydrogens is 328 g/mol. The van der Waals surface area contributed by atoms with Crippen LogP contribution in [-0.2, 0) is 6.42 Å². The molecule has 6 nitrogen and oxygen atoms in total. The van der Waals surface area contributed by atoms with E-state index in [-0.39, 0.29) is 11.9 Å². The SMILES string of the molecule is CC(C)CNC(=O)Nc1ccc2c(c1)CCCN2C(=O)c1cccnc1. The zero-order chi connectivity index (χ0) is 18.5. The molecule has 0 unspecified atom stereocenters. The van der Waals surface area contributed by atoms with Crippen LogP contribution >= 0.6 is 0 Å². The van der Waals surface area contributed by atoms with E-state index in [9.17, 15) is 9.59 Å². The topological polar surface area (TPSA) is 74.3 Å². The fourth-order valence-electron chi connectivity index (χ4n) is 3.00. The summed E-state index contributed by atoms with van der Waals surface area (Å²) < 4.78 is 0. The monoisotopic (exact) mass is 352 g/mol. The summed E-state index contributed by atoms with van der Waals surface area (Å²) in [4.78, 5) is 30.6. The highest BCUT2D eigenvalue weighted by molar-refractivity contribution is 6.06. The molecule has 1 aliphatic rings. The van der Waals surface area contributed by atoms with Gasteiger partial charge in [-0.1, -0.05) is 13.8 Å². The highest BCUT2D eigenvalue weighted by atomic mass is 16.2. The number of hydrogen-bond acceptors (Lipinski definition) is 3. The summed E-state index contributed by atoms with van der Waals surface area (Å²) in [5.41, 5.74) is 3.28. The molecule has 136 valence electrons. The van der Waals surface area contributed by atoms with Crippen molar-refractivity contribution in [1.29, 1.82) is 0 Å². The first-order valence-electron chi connectivity index (χ1n) is 8.94. The van der Waals surface area contributed by atoms with Crippen molar-refractivity contribution in [3.05, 3.63) is 53.9 Å². The van der Waals surface area contributed by atoms with Crippen molar-refractivity contribution in [3.63, 3.8) is 0 Å². The highest BCUT2D eigenvalue weighted by Gasteiger charge is 2.24. The number of carbonyl (C=O) groups excluding carboxylic acids is 2. The van der Waals surface area contributed by atoms with Gasteiger partial charge >= 0.3 is 6.03 Å². The van der Waals surface area contributed by atoms with Crippen molar-refractivity contribution < 1.29 is 9.59 Å². The summed E-state index contributed by atoms with van der Waals surface area (Å²) in [6.45, 7) is 5.41. The van der Waals surface area contributed by atoms with Crippen LogP contribution in [0.5, 0.6) is 0 Å². The number of benzene rings is 1. The molecule has 0 fully saturated rings. The quantitative estimate of drug-likeness (QED) is 0.885. The van der Waals surface area contributed by atoms with Gasteiger partial charge in [0, 0.05) is 36.9 Å². The van der Waals surface area contributed by atoms with Gasteiger partial charge in [0.1, 0.15) is 0 Å². The van der Waals surface area contributed by atoms with Crippen LogP contribution in [0.4, 0.5) is 16.2 Å². The Bertz CT molecular complexity index is 790. The molecule has 1 aromatic carbocycles. The lowest BCUT2D eigenvalue weighted by molar-refractivity contribution is 0.0984. The number of amides is 3. The lowest BCUT2D eigenvalue weighted by Gasteiger charge is -2.30. The molecule has 2 heterocycles. The number of hydrogen-bond donors (Lipinski definition) is 2. The van der Waals surface area contributed by atoms with Gasteiger partial charge < -0.3 is 15.5 Å². The predicted octanol–water partition coefficient (Wildman–Crippen LogP) is 3.45. The summed E-state index contributed by atoms with van der Waals surface area (Å²) in [7, 11) is 0. The van der Waals surface area contributed by atoms with E-state index in [4.69, 9.17) is 0 Å². The van der Waals surface area contributed by atoms with Crippen molar-refractivity contribution in [2.75, 3.05) is 23.3 Å². The molecule has 0 bridgehead atoms. The molecule has 3 rings (SSSR count). The molecule has 2 N–H and O–H groups in total. The van der Waals surface area contributed by atoms with Gasteiger partial charge in [0.2, 0.25) is 0 Å². The van der Waals surface area contributed by atoms with E-state index in [2.05, 4.69) is 15.6 Å². The molecule has 1 aromatic heterocycles. The summed E-state index contributed by atoms with van der Waals surface area (Å²) in [6, 6.07) is 9.02. The molecule has 1 aliphatic heterocycles. The Labute approximate surface area is 153 Å². The van der Waals surface area contributed by atoms with Gasteiger partial charge in [-0.15, -0.1) is 0 Å². The lowest BCUT2D eigenvalue weighted by atomic mass is 10.00. The molecule has 0 radical (unpaired) electrons. The van der Waals surface area contributed by atoms with Gasteiger partial charge in [-0.25, -0.2) is 4.79 Å². The third-order valence-corrected chi connectivity index (χ3v) is 4.28. The molecule has 6 heteroatoms. The summed E-state index contributed by atoms with van der Waals surface area (Å²) >= 11 is 0. The smallest absolute Gasteiger partial charge is 0.319 e. The zero-order valence-corrected chi connectivity index (χ0v) is 15.2. The number of urea groups is 1. The fraction of sp³-hybridized carbons (Fsp3) is 0.350. The van der Waals surface area contributed by atoms with Gasteiger partial charge in [-0.05, 0) is 54.7 Å². The van der Waals surface area contributed by atoms with Crippen molar-refractivity contribution >= 4 is 23.3 Å². The Morgan fingerprint density at radius 3 is 2.85 bits per heavy atom. The van der Waals surface area contributed by atoms with Crippen LogP contribution in [-0.4, -0.2) is 30.0 Å². The molecular formula is C20H24N4O2. The normalized spacial score (nSPS) is 13.3. The molecule has 3 amide bonds. The van der Waals surface area contributed by atoms with Crippen molar-refractivity contribution in [3.8, 4) is 0 Å². The van der Waals surface area contributed by atoms with Gasteiger partial charge in [-0.2, -0.15) is 0 Å². The standard InChI is InChI=1S/C20H24N4O2/c1-14(2)12-22-20(26)23-17-7-8-18-15(11-17)6-4-10-24(18)19(25)16-5-3-9-21-13-16/h3,5,7-9,11,13-14H,4,6,10,12H2,1-2H3,(H2,22,23,26). The average molecular weight is 352 g/mol. The maximum Gasteiger partial charge on any atom is 0.319 e. The Morgan fingerprint density at radius 1 is 1.27 bits per heavy atom. The van der Waals surface area contributed by atoms with E-state index in [0.29, 0.717) is 24.6 Å². The van der Waals surface area contributed by atoms with E-state index < -0.39 is 0 Å². The van der Waals surface area contributed by atoms with Crippen molar-refractivity contribution in [2.45, 2.75) is 26.7 Å². The van der Waals surface area contributed by atoms with Gasteiger partial charge in [0.25, 0.3) is 5.91 Å². The Hall–Kier alpha value is -2.89. The fourth-order valence-corrected chi connectivity index (χ4v) is 3.00. The molecule has 0 saturated heterocycles. The molecule has 0 saturated carbocycles. The second-order valence-electron chi connectivity index (χ2n) is 6.87. The van der Waals surface area contributed by atoms with Crippen molar-refractivity contribution in [2.24, 2.45) is 5.92 Å². The lowest BCUT2D eigenvalue weighted by Crippen LogP contribution is -2.35. The maximum absolute atomic E-state index is 12.8. The number of rotatable bonds is 4. The first-order chi connectivity index (χ1) is 12.5. The van der Waals surface area contributed by atoms with Crippen LogP contribution in [0.25, 0.3) is 0 Å². The minimum Gasteiger partial charge on any atom is -0.338 e. The van der Waals surface area contributed by atoms with Gasteiger partial charge in [-0.3, -0.25) is 9.78 Å². The second-order valence-corrected chi connectivity index (χ2v) is 6.87. The van der Waals surface area contributed by atoms with Crippen LogP contribution in [0.2, 0.25) is 0 Å². The third kappa shape index (κ3) is 4.20. The molecule has 2 aromatic rings. The Morgan fingerprint density at radius 2 is 2.12 bits per heavy atom. The predicted molar refractivity (Wildman–Crippen MR) is 103 cm³/mol. The first-order valence-corrected chi connectivity index (χ1v) is 8.94. The highest BCUT2D eigenvalue weighted by Crippen LogP contribution is 2.30. The van der Waals surface area contributed by atoms with Crippen LogP contribution in [0.3, 0.4) is 0 Å². The van der Waals surface area contributed by atoms with Crippen LogP contribution < -0.4 is 15.5 Å². The average Bonchev–Trinajstić information content (AvgIpc) is 2.66. The van der Waals surface area contributed by atoms with Crippen molar-refractivity contribution in [1.82, 2.24) is 10.3 Å². The molecule has 0 aliphatic carbocycles. The number of pyridine rings is 1. The minimum atomic E-state index is -0.210. The van der Waals surface area contributed by atoms with E-state index >= 15 is 0 Å². The number of aromatic nitrogens is 1. The Balaban J connectivity index is 1.75. The number of carbonyl (C=O) groups is 2. The number of anilines is 2. The second kappa shape index (κ2) is 7.99. The van der Waals surface area contributed by atoms with E-state index in [1.165, 1.54) is 0 Å². The third-order valence-electron chi connectivity index (χ3n) is 4.28. The molecule has 0 atom stereocenters. The Kier molecular flexibility index (Phi) is 5.51. The van der Waals surface area contributed by atoms with Crippen LogP contribution in [0.15, 0.2) is 42.7 Å². The van der Waals surface area contributed by atoms with Crippen LogP contribution in [0, 0.1) is 5.92 Å². The number of nitrogens with one attached hydrogen (secondary N) is 2. The van der Waals surface area contributed by atoms with Gasteiger partial charge in [0.15, 0.2) is 0 Å². The summed E-state index contributed by atoms with van der Waals surface area (Å²) in [6.07, 6.45) is 5.02. The maximum atomic E-state index is 12.8. The number of aryl methyl sites for hydroxylation is 1. The largest absolute Gasteiger partial charge is 0.338 e. The first kappa shape index (κ1) is 17.9. The zero-order valence-electron chi connectivity index (χ0n) is 15.2. The van der Waals surface area contributed by atoms with E-state index in [1.807, 2.05) is 32.0 Å². The summed E-state index contributed by atoms with van der Waals surface area (Å²) in [5, 5.41) is 5.70. The molecule has 0 spiro atoms. The van der Waals surface area contributed by atoms with E-state index in [1.54, 1.807) is 29.4 Å². The number of fused-ring (bicyclic) bond motifs is 1. The minimum absolute atomic E-state index is 0.0468. The van der Waals surface area contributed by atoms with E-state index in [0.717, 1.165) is 29.8 Å². The van der Waals surface area contributed by atoms with Crippen LogP contribution in [0.1, 0.15) is 36.2 Å². The van der Waals surface area contributed by atoms with Gasteiger partial charge in [0.05, 0.1) is 5.56 Å².